The lowest BCUT2D eigenvalue weighted by molar-refractivity contribution is -0.139. The van der Waals surface area contributed by atoms with Gasteiger partial charge in [0.15, 0.2) is 0 Å². The summed E-state index contributed by atoms with van der Waals surface area (Å²) >= 11 is 0. The molecule has 0 aliphatic rings. The van der Waals surface area contributed by atoms with Crippen molar-refractivity contribution in [3.8, 4) is 11.8 Å². The summed E-state index contributed by atoms with van der Waals surface area (Å²) in [6, 6.07) is 6.87. The van der Waals surface area contributed by atoms with Gasteiger partial charge in [-0.25, -0.2) is 0 Å². The minimum atomic E-state index is -0.367. The number of carbonyl (C=O) groups excluding carboxylic acids is 2. The second-order valence-corrected chi connectivity index (χ2v) is 2.80. The number of hydrogen-bond donors (Lipinski definition) is 0. The maximum atomic E-state index is 10.7. The third-order valence-corrected chi connectivity index (χ3v) is 1.72. The van der Waals surface area contributed by atoms with Gasteiger partial charge < -0.3 is 4.74 Å². The highest BCUT2D eigenvalue weighted by molar-refractivity contribution is 5.75. The fraction of sp³-hybridized carbons (Fsp3) is 0.167. The van der Waals surface area contributed by atoms with Gasteiger partial charge in [0.25, 0.3) is 0 Å². The van der Waals surface area contributed by atoms with E-state index in [0.29, 0.717) is 11.1 Å². The molecule has 0 N–H and O–H groups in total. The maximum absolute atomic E-state index is 10.7. The predicted molar refractivity (Wildman–Crippen MR) is 55.3 cm³/mol. The lowest BCUT2D eigenvalue weighted by atomic mass is 10.1. The molecule has 0 saturated carbocycles. The Morgan fingerprint density at radius 1 is 1.53 bits per heavy atom. The SMILES string of the molecule is COC(=O)CC#Cc1cccc(C=O)c1. The van der Waals surface area contributed by atoms with Crippen molar-refractivity contribution in [2.45, 2.75) is 6.42 Å². The molecule has 0 bridgehead atoms. The highest BCUT2D eigenvalue weighted by atomic mass is 16.5. The molecule has 0 fully saturated rings. The standard InChI is InChI=1S/C12H10O3/c1-15-12(14)7-3-5-10-4-2-6-11(8-10)9-13/h2,4,6,8-9H,7H2,1H3. The third kappa shape index (κ3) is 3.65. The molecule has 0 saturated heterocycles. The molecule has 0 unspecified atom stereocenters. The Kier molecular flexibility index (Phi) is 4.11. The minimum absolute atomic E-state index is 0.0574. The van der Waals surface area contributed by atoms with Crippen molar-refractivity contribution in [3.05, 3.63) is 35.4 Å². The van der Waals surface area contributed by atoms with Crippen LogP contribution in [0.3, 0.4) is 0 Å². The average Bonchev–Trinajstić information content (AvgIpc) is 2.29. The average molecular weight is 202 g/mol. The minimum Gasteiger partial charge on any atom is -0.468 e. The monoisotopic (exact) mass is 202 g/mol. The fourth-order valence-electron chi connectivity index (χ4n) is 0.980. The van der Waals surface area contributed by atoms with Crippen LogP contribution in [0.5, 0.6) is 0 Å². The van der Waals surface area contributed by atoms with Crippen LogP contribution in [0.2, 0.25) is 0 Å². The molecule has 15 heavy (non-hydrogen) atoms. The second kappa shape index (κ2) is 5.61. The van der Waals surface area contributed by atoms with E-state index in [1.54, 1.807) is 24.3 Å². The zero-order chi connectivity index (χ0) is 11.1. The van der Waals surface area contributed by atoms with Crippen molar-refractivity contribution in [2.75, 3.05) is 7.11 Å². The van der Waals surface area contributed by atoms with Gasteiger partial charge in [0.1, 0.15) is 12.7 Å². The van der Waals surface area contributed by atoms with Crippen molar-refractivity contribution in [2.24, 2.45) is 0 Å². The molecule has 1 aromatic rings. The Hall–Kier alpha value is -2.08. The summed E-state index contributed by atoms with van der Waals surface area (Å²) < 4.78 is 4.44. The zero-order valence-electron chi connectivity index (χ0n) is 8.32. The Morgan fingerprint density at radius 2 is 2.33 bits per heavy atom. The first-order chi connectivity index (χ1) is 7.26. The molecule has 3 heteroatoms. The first kappa shape index (κ1) is 11.0. The van der Waals surface area contributed by atoms with Gasteiger partial charge in [-0.05, 0) is 12.1 Å². The van der Waals surface area contributed by atoms with E-state index in [4.69, 9.17) is 0 Å². The Labute approximate surface area is 88.1 Å². The van der Waals surface area contributed by atoms with Crippen molar-refractivity contribution >= 4 is 12.3 Å². The van der Waals surface area contributed by atoms with Gasteiger partial charge in [-0.2, -0.15) is 0 Å². The van der Waals surface area contributed by atoms with E-state index < -0.39 is 0 Å². The number of aldehydes is 1. The molecule has 0 atom stereocenters. The van der Waals surface area contributed by atoms with E-state index in [-0.39, 0.29) is 12.4 Å². The van der Waals surface area contributed by atoms with Crippen LogP contribution >= 0.6 is 0 Å². The van der Waals surface area contributed by atoms with E-state index >= 15 is 0 Å². The predicted octanol–water partition coefficient (Wildman–Crippen LogP) is 1.41. The Bertz CT molecular complexity index is 424. The van der Waals surface area contributed by atoms with Crippen LogP contribution in [0.1, 0.15) is 22.3 Å². The van der Waals surface area contributed by atoms with Gasteiger partial charge in [0, 0.05) is 11.1 Å². The molecule has 0 spiro atoms. The highest BCUT2D eigenvalue weighted by Crippen LogP contribution is 2.01. The molecule has 0 amide bonds. The maximum Gasteiger partial charge on any atom is 0.317 e. The Morgan fingerprint density at radius 3 is 3.00 bits per heavy atom. The number of benzene rings is 1. The molecule has 1 aromatic carbocycles. The first-order valence-electron chi connectivity index (χ1n) is 4.37. The van der Waals surface area contributed by atoms with E-state index in [9.17, 15) is 9.59 Å². The number of carbonyl (C=O) groups is 2. The van der Waals surface area contributed by atoms with E-state index in [1.807, 2.05) is 0 Å². The van der Waals surface area contributed by atoms with Crippen LogP contribution in [0.25, 0.3) is 0 Å². The van der Waals surface area contributed by atoms with Gasteiger partial charge in [0.05, 0.1) is 7.11 Å². The fourth-order valence-corrected chi connectivity index (χ4v) is 0.980. The van der Waals surface area contributed by atoms with Crippen LogP contribution in [0, 0.1) is 11.8 Å². The molecule has 0 radical (unpaired) electrons. The lowest BCUT2D eigenvalue weighted by Crippen LogP contribution is -1.97. The summed E-state index contributed by atoms with van der Waals surface area (Å²) in [6.07, 6.45) is 0.813. The van der Waals surface area contributed by atoms with Crippen LogP contribution in [0.15, 0.2) is 24.3 Å². The van der Waals surface area contributed by atoms with Crippen LogP contribution < -0.4 is 0 Å². The topological polar surface area (TPSA) is 43.4 Å². The highest BCUT2D eigenvalue weighted by Gasteiger charge is 1.94. The van der Waals surface area contributed by atoms with Crippen molar-refractivity contribution in [3.63, 3.8) is 0 Å². The molecule has 3 nitrogen and oxygen atoms in total. The van der Waals surface area contributed by atoms with Crippen LogP contribution in [-0.2, 0) is 9.53 Å². The number of rotatable bonds is 2. The van der Waals surface area contributed by atoms with Crippen molar-refractivity contribution < 1.29 is 14.3 Å². The smallest absolute Gasteiger partial charge is 0.317 e. The summed E-state index contributed by atoms with van der Waals surface area (Å²) in [5.41, 5.74) is 1.28. The second-order valence-electron chi connectivity index (χ2n) is 2.80. The quantitative estimate of drug-likeness (QED) is 0.414. The molecule has 0 aliphatic carbocycles. The zero-order valence-corrected chi connectivity index (χ0v) is 8.32. The van der Waals surface area contributed by atoms with Crippen molar-refractivity contribution in [1.82, 2.24) is 0 Å². The van der Waals surface area contributed by atoms with Crippen LogP contribution in [-0.4, -0.2) is 19.4 Å². The molecular formula is C12H10O3. The van der Waals surface area contributed by atoms with Crippen molar-refractivity contribution in [1.29, 1.82) is 0 Å². The van der Waals surface area contributed by atoms with Crippen LogP contribution in [0.4, 0.5) is 0 Å². The molecule has 76 valence electrons. The number of ether oxygens (including phenoxy) is 1. The Balaban J connectivity index is 2.71. The van der Waals surface area contributed by atoms with Gasteiger partial charge in [-0.1, -0.05) is 24.0 Å². The summed E-state index contributed by atoms with van der Waals surface area (Å²) in [6.45, 7) is 0. The first-order valence-corrected chi connectivity index (χ1v) is 4.37. The number of methoxy groups -OCH3 is 1. The van der Waals surface area contributed by atoms with Gasteiger partial charge in [0.2, 0.25) is 0 Å². The summed E-state index contributed by atoms with van der Waals surface area (Å²) in [5, 5.41) is 0. The molecular weight excluding hydrogens is 192 g/mol. The van der Waals surface area contributed by atoms with Gasteiger partial charge in [-0.3, -0.25) is 9.59 Å². The largest absolute Gasteiger partial charge is 0.468 e. The molecule has 0 heterocycles. The summed E-state index contributed by atoms with van der Waals surface area (Å²) in [5.74, 6) is 5.07. The normalized spacial score (nSPS) is 8.60. The number of hydrogen-bond acceptors (Lipinski definition) is 3. The summed E-state index contributed by atoms with van der Waals surface area (Å²) in [4.78, 5) is 21.2. The lowest BCUT2D eigenvalue weighted by Gasteiger charge is -1.92. The number of esters is 1. The molecule has 0 aromatic heterocycles. The van der Waals surface area contributed by atoms with E-state index in [2.05, 4.69) is 16.6 Å². The van der Waals surface area contributed by atoms with E-state index in [1.165, 1.54) is 7.11 Å². The summed E-state index contributed by atoms with van der Waals surface area (Å²) in [7, 11) is 1.32. The van der Waals surface area contributed by atoms with Gasteiger partial charge in [-0.15, -0.1) is 0 Å². The molecule has 0 aliphatic heterocycles. The van der Waals surface area contributed by atoms with E-state index in [0.717, 1.165) is 6.29 Å². The van der Waals surface area contributed by atoms with Gasteiger partial charge >= 0.3 is 5.97 Å². The molecule has 1 rings (SSSR count). The third-order valence-electron chi connectivity index (χ3n) is 1.72.